The molecule has 0 aliphatic carbocycles. The van der Waals surface area contributed by atoms with Gasteiger partial charge in [-0.2, -0.15) is 5.10 Å². The van der Waals surface area contributed by atoms with Crippen LogP contribution in [0.25, 0.3) is 0 Å². The van der Waals surface area contributed by atoms with E-state index in [9.17, 15) is 4.79 Å². The topological polar surface area (TPSA) is 50.7 Å². The lowest BCUT2D eigenvalue weighted by Crippen LogP contribution is -2.19. The first-order valence-electron chi connectivity index (χ1n) is 7.04. The highest BCUT2D eigenvalue weighted by Gasteiger charge is 2.10. The van der Waals surface area contributed by atoms with Gasteiger partial charge in [0.2, 0.25) is 0 Å². The second-order valence-corrected chi connectivity index (χ2v) is 5.56. The number of nitrogens with one attached hydrogen (secondary N) is 1. The normalized spacial score (nSPS) is 11.2. The van der Waals surface area contributed by atoms with Crippen LogP contribution in [0, 0.1) is 0 Å². The molecule has 0 heterocycles. The Balaban J connectivity index is 2.07. The van der Waals surface area contributed by atoms with Crippen molar-refractivity contribution in [2.45, 2.75) is 13.8 Å². The quantitative estimate of drug-likeness (QED) is 0.635. The van der Waals surface area contributed by atoms with Crippen molar-refractivity contribution >= 4 is 34.8 Å². The summed E-state index contributed by atoms with van der Waals surface area (Å²) in [7, 11) is 0. The molecule has 0 unspecified atom stereocenters. The van der Waals surface area contributed by atoms with Crippen LogP contribution in [0.2, 0.25) is 10.0 Å². The minimum absolute atomic E-state index is 0.281. The summed E-state index contributed by atoms with van der Waals surface area (Å²) >= 11 is 11.8. The Morgan fingerprint density at radius 3 is 2.48 bits per heavy atom. The molecular formula is C17H16Cl2N2O2. The lowest BCUT2D eigenvalue weighted by molar-refractivity contribution is 0.0955. The van der Waals surface area contributed by atoms with Gasteiger partial charge in [0.25, 0.3) is 5.91 Å². The van der Waals surface area contributed by atoms with Crippen molar-refractivity contribution in [3.63, 3.8) is 0 Å². The van der Waals surface area contributed by atoms with Crippen LogP contribution in [-0.2, 0) is 0 Å². The van der Waals surface area contributed by atoms with Gasteiger partial charge in [-0.25, -0.2) is 5.43 Å². The number of rotatable bonds is 5. The number of benzene rings is 2. The Morgan fingerprint density at radius 2 is 1.87 bits per heavy atom. The average molecular weight is 351 g/mol. The first-order chi connectivity index (χ1) is 11.0. The Morgan fingerprint density at radius 1 is 1.17 bits per heavy atom. The second-order valence-electron chi connectivity index (χ2n) is 4.72. The van der Waals surface area contributed by atoms with Crippen molar-refractivity contribution in [3.8, 4) is 5.75 Å². The first kappa shape index (κ1) is 17.3. The Labute approximate surface area is 145 Å². The van der Waals surface area contributed by atoms with Crippen LogP contribution in [0.1, 0.15) is 29.8 Å². The summed E-state index contributed by atoms with van der Waals surface area (Å²) in [5.41, 5.74) is 4.36. The van der Waals surface area contributed by atoms with Gasteiger partial charge in [-0.05, 0) is 61.9 Å². The zero-order chi connectivity index (χ0) is 16.8. The van der Waals surface area contributed by atoms with Gasteiger partial charge >= 0.3 is 0 Å². The third-order valence-electron chi connectivity index (χ3n) is 3.08. The van der Waals surface area contributed by atoms with Crippen molar-refractivity contribution in [2.24, 2.45) is 5.10 Å². The molecule has 23 heavy (non-hydrogen) atoms. The van der Waals surface area contributed by atoms with Gasteiger partial charge < -0.3 is 4.74 Å². The predicted molar refractivity (Wildman–Crippen MR) is 93.8 cm³/mol. The number of halogens is 2. The number of carbonyl (C=O) groups is 1. The fraction of sp³-hybridized carbons (Fsp3) is 0.176. The lowest BCUT2D eigenvalue weighted by atomic mass is 10.1. The zero-order valence-corrected chi connectivity index (χ0v) is 14.3. The van der Waals surface area contributed by atoms with E-state index in [1.54, 1.807) is 19.1 Å². The number of carbonyl (C=O) groups excluding carboxylic acids is 1. The molecule has 4 nitrogen and oxygen atoms in total. The van der Waals surface area contributed by atoms with Gasteiger partial charge in [0.1, 0.15) is 5.75 Å². The highest BCUT2D eigenvalue weighted by Crippen LogP contribution is 2.20. The van der Waals surface area contributed by atoms with E-state index in [1.165, 1.54) is 6.07 Å². The Kier molecular flexibility index (Phi) is 6.02. The fourth-order valence-corrected chi connectivity index (χ4v) is 2.39. The predicted octanol–water partition coefficient (Wildman–Crippen LogP) is 4.55. The molecule has 2 rings (SSSR count). The molecule has 0 spiro atoms. The maximum Gasteiger partial charge on any atom is 0.272 e. The molecule has 0 aliphatic heterocycles. The smallest absolute Gasteiger partial charge is 0.272 e. The molecule has 0 atom stereocenters. The minimum Gasteiger partial charge on any atom is -0.494 e. The monoisotopic (exact) mass is 350 g/mol. The van der Waals surface area contributed by atoms with E-state index in [2.05, 4.69) is 10.5 Å². The molecule has 6 heteroatoms. The van der Waals surface area contributed by atoms with Crippen LogP contribution >= 0.6 is 23.2 Å². The van der Waals surface area contributed by atoms with Crippen LogP contribution in [0.3, 0.4) is 0 Å². The number of amides is 1. The fourth-order valence-electron chi connectivity index (χ4n) is 1.89. The zero-order valence-electron chi connectivity index (χ0n) is 12.8. The van der Waals surface area contributed by atoms with Crippen LogP contribution in [-0.4, -0.2) is 18.2 Å². The maximum atomic E-state index is 12.1. The second kappa shape index (κ2) is 7.99. The molecule has 0 saturated heterocycles. The third kappa shape index (κ3) is 4.71. The highest BCUT2D eigenvalue weighted by atomic mass is 35.5. The summed E-state index contributed by atoms with van der Waals surface area (Å²) in [5.74, 6) is 0.401. The van der Waals surface area contributed by atoms with Gasteiger partial charge in [-0.3, -0.25) is 4.79 Å². The average Bonchev–Trinajstić information content (AvgIpc) is 2.53. The number of nitrogens with zero attached hydrogens (tertiary/aromatic N) is 1. The first-order valence-corrected chi connectivity index (χ1v) is 7.79. The van der Waals surface area contributed by atoms with Crippen LogP contribution in [0.4, 0.5) is 0 Å². The van der Waals surface area contributed by atoms with Gasteiger partial charge in [-0.15, -0.1) is 0 Å². The van der Waals surface area contributed by atoms with E-state index in [-0.39, 0.29) is 5.02 Å². The Hall–Kier alpha value is -2.04. The summed E-state index contributed by atoms with van der Waals surface area (Å²) in [6, 6.07) is 12.1. The number of hydrogen-bond acceptors (Lipinski definition) is 3. The molecule has 0 saturated carbocycles. The van der Waals surface area contributed by atoms with Crippen molar-refractivity contribution in [2.75, 3.05) is 6.61 Å². The molecule has 0 fully saturated rings. The van der Waals surface area contributed by atoms with Crippen molar-refractivity contribution in [1.29, 1.82) is 0 Å². The van der Waals surface area contributed by atoms with E-state index in [4.69, 9.17) is 27.9 Å². The van der Waals surface area contributed by atoms with Crippen molar-refractivity contribution < 1.29 is 9.53 Å². The van der Waals surface area contributed by atoms with Crippen LogP contribution < -0.4 is 10.2 Å². The van der Waals surface area contributed by atoms with Gasteiger partial charge in [0.05, 0.1) is 22.9 Å². The largest absolute Gasteiger partial charge is 0.494 e. The molecule has 120 valence electrons. The summed E-state index contributed by atoms with van der Waals surface area (Å²) in [6.07, 6.45) is 0. The molecule has 1 N–H and O–H groups in total. The maximum absolute atomic E-state index is 12.1. The number of ether oxygens (including phenoxy) is 1. The minimum atomic E-state index is -0.392. The van der Waals surface area contributed by atoms with E-state index in [0.717, 1.165) is 11.3 Å². The van der Waals surface area contributed by atoms with Crippen molar-refractivity contribution in [3.05, 3.63) is 63.6 Å². The van der Waals surface area contributed by atoms with Crippen LogP contribution in [0.15, 0.2) is 47.6 Å². The molecule has 2 aromatic carbocycles. The number of hydrogen-bond donors (Lipinski definition) is 1. The summed E-state index contributed by atoms with van der Waals surface area (Å²) in [5, 5.41) is 4.85. The third-order valence-corrected chi connectivity index (χ3v) is 3.63. The SMILES string of the molecule is CCOc1ccc(C(C)=NNC(=O)c2ccc(Cl)cc2Cl)cc1. The molecule has 0 bridgehead atoms. The molecule has 2 aromatic rings. The Bertz CT molecular complexity index is 728. The summed E-state index contributed by atoms with van der Waals surface area (Å²) < 4.78 is 5.38. The van der Waals surface area contributed by atoms with E-state index in [0.29, 0.717) is 22.9 Å². The van der Waals surface area contributed by atoms with E-state index in [1.807, 2.05) is 31.2 Å². The van der Waals surface area contributed by atoms with Gasteiger partial charge in [0, 0.05) is 5.02 Å². The van der Waals surface area contributed by atoms with E-state index >= 15 is 0 Å². The summed E-state index contributed by atoms with van der Waals surface area (Å²) in [4.78, 5) is 12.1. The van der Waals surface area contributed by atoms with Gasteiger partial charge in [-0.1, -0.05) is 23.2 Å². The van der Waals surface area contributed by atoms with Gasteiger partial charge in [0.15, 0.2) is 0 Å². The molecule has 0 radical (unpaired) electrons. The summed E-state index contributed by atoms with van der Waals surface area (Å²) in [6.45, 7) is 4.35. The van der Waals surface area contributed by atoms with Crippen LogP contribution in [0.5, 0.6) is 5.75 Å². The molecule has 0 aromatic heterocycles. The van der Waals surface area contributed by atoms with Crippen molar-refractivity contribution in [1.82, 2.24) is 5.43 Å². The molecule has 0 aliphatic rings. The number of hydrazone groups is 1. The van der Waals surface area contributed by atoms with E-state index < -0.39 is 5.91 Å². The lowest BCUT2D eigenvalue weighted by Gasteiger charge is -2.06. The highest BCUT2D eigenvalue weighted by molar-refractivity contribution is 6.36. The standard InChI is InChI=1S/C17H16Cl2N2O2/c1-3-23-14-7-4-12(5-8-14)11(2)20-21-17(22)15-9-6-13(18)10-16(15)19/h4-10H,3H2,1-2H3,(H,21,22). The molecular weight excluding hydrogens is 335 g/mol. The molecule has 1 amide bonds.